The van der Waals surface area contributed by atoms with E-state index in [1.165, 1.54) is 30.4 Å². The molecule has 2 aromatic rings. The second kappa shape index (κ2) is 8.00. The molecule has 2 N–H and O–H groups in total. The van der Waals surface area contributed by atoms with Crippen molar-refractivity contribution in [2.24, 2.45) is 5.14 Å². The average Bonchev–Trinajstić information content (AvgIpc) is 2.69. The quantitative estimate of drug-likeness (QED) is 0.722. The number of nitrogens with zero attached hydrogens (tertiary/aromatic N) is 2. The Morgan fingerprint density at radius 3 is 2.37 bits per heavy atom. The number of hydrogen-bond acceptors (Lipinski definition) is 4. The molecule has 30 heavy (non-hydrogen) atoms. The number of primary sulfonamides is 1. The second-order valence-electron chi connectivity index (χ2n) is 6.49. The van der Waals surface area contributed by atoms with Crippen LogP contribution in [0.1, 0.15) is 12.0 Å². The maximum atomic E-state index is 13.4. The molecule has 3 rings (SSSR count). The minimum Gasteiger partial charge on any atom is -0.267 e. The molecule has 1 aromatic carbocycles. The Morgan fingerprint density at radius 1 is 1.17 bits per heavy atom. The molecular formula is C19H15F4N3O3S. The van der Waals surface area contributed by atoms with Crippen LogP contribution in [0.5, 0.6) is 0 Å². The molecule has 1 atom stereocenters. The summed E-state index contributed by atoms with van der Waals surface area (Å²) in [5, 5.41) is 9.16. The number of allylic oxidation sites excluding steroid dienone is 4. The first-order valence-electron chi connectivity index (χ1n) is 8.50. The lowest BCUT2D eigenvalue weighted by atomic mass is 9.87. The van der Waals surface area contributed by atoms with Gasteiger partial charge in [-0.2, -0.15) is 13.9 Å². The molecule has 1 unspecified atom stereocenters. The summed E-state index contributed by atoms with van der Waals surface area (Å²) >= 11 is 0. The van der Waals surface area contributed by atoms with E-state index in [1.807, 2.05) is 0 Å². The Labute approximate surface area is 168 Å². The van der Waals surface area contributed by atoms with Crippen LogP contribution in [0.2, 0.25) is 0 Å². The van der Waals surface area contributed by atoms with E-state index < -0.39 is 44.6 Å². The summed E-state index contributed by atoms with van der Waals surface area (Å²) in [5.74, 6) is -2.49. The lowest BCUT2D eigenvalue weighted by Crippen LogP contribution is -2.42. The van der Waals surface area contributed by atoms with Crippen molar-refractivity contribution in [3.8, 4) is 11.1 Å². The number of hydrogen-bond donors (Lipinski definition) is 1. The van der Waals surface area contributed by atoms with E-state index in [4.69, 9.17) is 5.14 Å². The monoisotopic (exact) mass is 441 g/mol. The highest BCUT2D eigenvalue weighted by Crippen LogP contribution is 2.40. The third-order valence-electron chi connectivity index (χ3n) is 4.67. The first-order chi connectivity index (χ1) is 14.1. The van der Waals surface area contributed by atoms with Crippen LogP contribution in [0.15, 0.2) is 71.5 Å². The number of benzene rings is 1. The number of rotatable bonds is 5. The molecule has 0 radical (unpaired) electrons. The molecular weight excluding hydrogens is 426 g/mol. The van der Waals surface area contributed by atoms with Gasteiger partial charge in [-0.3, -0.25) is 4.79 Å². The van der Waals surface area contributed by atoms with Crippen molar-refractivity contribution in [1.29, 1.82) is 0 Å². The van der Waals surface area contributed by atoms with Gasteiger partial charge in [0.25, 0.3) is 5.56 Å². The minimum absolute atomic E-state index is 0.0867. The van der Waals surface area contributed by atoms with Gasteiger partial charge in [-0.1, -0.05) is 36.4 Å². The van der Waals surface area contributed by atoms with E-state index in [2.05, 4.69) is 5.10 Å². The molecule has 0 saturated heterocycles. The summed E-state index contributed by atoms with van der Waals surface area (Å²) in [7, 11) is -4.35. The fourth-order valence-electron chi connectivity index (χ4n) is 3.17. The van der Waals surface area contributed by atoms with Crippen molar-refractivity contribution in [1.82, 2.24) is 9.78 Å². The zero-order valence-electron chi connectivity index (χ0n) is 15.2. The van der Waals surface area contributed by atoms with E-state index in [0.29, 0.717) is 4.68 Å². The summed E-state index contributed by atoms with van der Waals surface area (Å²) in [6.45, 7) is -1.16. The van der Waals surface area contributed by atoms with E-state index in [1.54, 1.807) is 6.08 Å². The molecule has 1 aliphatic rings. The number of nitrogens with two attached hydrogens (primary N) is 1. The highest BCUT2D eigenvalue weighted by molar-refractivity contribution is 7.90. The molecule has 0 fully saturated rings. The van der Waals surface area contributed by atoms with Crippen molar-refractivity contribution in [2.75, 3.05) is 0 Å². The Hall–Kier alpha value is -3.05. The number of sulfonamides is 1. The van der Waals surface area contributed by atoms with E-state index in [-0.39, 0.29) is 23.1 Å². The number of halogens is 4. The Kier molecular flexibility index (Phi) is 5.77. The van der Waals surface area contributed by atoms with Crippen LogP contribution in [0.25, 0.3) is 11.1 Å². The van der Waals surface area contributed by atoms with Gasteiger partial charge in [0.15, 0.2) is 5.83 Å². The fraction of sp³-hybridized carbons (Fsp3) is 0.158. The Balaban J connectivity index is 2.36. The van der Waals surface area contributed by atoms with Gasteiger partial charge in [0.05, 0.1) is 11.8 Å². The maximum Gasteiger partial charge on any atom is 0.303 e. The number of aromatic nitrogens is 2. The first kappa shape index (κ1) is 21.7. The largest absolute Gasteiger partial charge is 0.303 e. The summed E-state index contributed by atoms with van der Waals surface area (Å²) < 4.78 is 75.5. The van der Waals surface area contributed by atoms with E-state index in [9.17, 15) is 30.8 Å². The zero-order chi connectivity index (χ0) is 22.1. The summed E-state index contributed by atoms with van der Waals surface area (Å²) in [4.78, 5) is 13.0. The standard InChI is InChI=1S/C19H15F4N3O3S/c20-13-6-4-12(5-7-13)16-14(19(30(24,28)29)8-2-1-3-9-19)10-25-26(18(16)27)11-15(21)17(22)23/h1-8,10H,9,11H2,(H2,24,28,29). The van der Waals surface area contributed by atoms with Crippen LogP contribution in [-0.2, 0) is 21.3 Å². The molecule has 0 amide bonds. The summed E-state index contributed by atoms with van der Waals surface area (Å²) in [5.41, 5.74) is -1.36. The van der Waals surface area contributed by atoms with Gasteiger partial charge in [-0.25, -0.2) is 27.0 Å². The fourth-order valence-corrected chi connectivity index (χ4v) is 4.23. The van der Waals surface area contributed by atoms with Gasteiger partial charge in [-0.05, 0) is 24.1 Å². The van der Waals surface area contributed by atoms with Crippen LogP contribution >= 0.6 is 0 Å². The van der Waals surface area contributed by atoms with Crippen LogP contribution in [-0.4, -0.2) is 18.2 Å². The topological polar surface area (TPSA) is 95.1 Å². The molecule has 0 bridgehead atoms. The lowest BCUT2D eigenvalue weighted by molar-refractivity contribution is 0.358. The van der Waals surface area contributed by atoms with Gasteiger partial charge < -0.3 is 0 Å². The van der Waals surface area contributed by atoms with Crippen LogP contribution < -0.4 is 10.7 Å². The maximum absolute atomic E-state index is 13.4. The second-order valence-corrected chi connectivity index (χ2v) is 8.31. The van der Waals surface area contributed by atoms with Gasteiger partial charge in [0.2, 0.25) is 10.0 Å². The van der Waals surface area contributed by atoms with Crippen LogP contribution in [0.4, 0.5) is 17.6 Å². The van der Waals surface area contributed by atoms with Gasteiger partial charge in [0.1, 0.15) is 17.1 Å². The van der Waals surface area contributed by atoms with Crippen molar-refractivity contribution >= 4 is 10.0 Å². The molecule has 0 spiro atoms. The highest BCUT2D eigenvalue weighted by Gasteiger charge is 2.44. The molecule has 11 heteroatoms. The molecule has 0 aliphatic heterocycles. The summed E-state index contributed by atoms with van der Waals surface area (Å²) in [6.07, 6.45) is 4.03. The van der Waals surface area contributed by atoms with Crippen molar-refractivity contribution in [3.63, 3.8) is 0 Å². The van der Waals surface area contributed by atoms with Gasteiger partial charge in [0, 0.05) is 5.56 Å². The third-order valence-corrected chi connectivity index (χ3v) is 6.21. The minimum atomic E-state index is -4.35. The molecule has 6 nitrogen and oxygen atoms in total. The van der Waals surface area contributed by atoms with Crippen molar-refractivity contribution < 1.29 is 26.0 Å². The molecule has 1 aliphatic carbocycles. The first-order valence-corrected chi connectivity index (χ1v) is 10.0. The average molecular weight is 441 g/mol. The normalized spacial score (nSPS) is 18.4. The van der Waals surface area contributed by atoms with Crippen molar-refractivity contribution in [2.45, 2.75) is 17.7 Å². The van der Waals surface area contributed by atoms with Crippen LogP contribution in [0.3, 0.4) is 0 Å². The van der Waals surface area contributed by atoms with Crippen LogP contribution in [0, 0.1) is 5.82 Å². The lowest BCUT2D eigenvalue weighted by Gasteiger charge is -2.31. The SMILES string of the molecule is NS(=O)(=O)C1(c2cnn(CC(F)=C(F)F)c(=O)c2-c2ccc(F)cc2)C=CC=CC1. The highest BCUT2D eigenvalue weighted by atomic mass is 32.2. The molecule has 1 heterocycles. The predicted molar refractivity (Wildman–Crippen MR) is 102 cm³/mol. The third kappa shape index (κ3) is 3.85. The Morgan fingerprint density at radius 2 is 1.83 bits per heavy atom. The van der Waals surface area contributed by atoms with Gasteiger partial charge >= 0.3 is 6.08 Å². The Bertz CT molecular complexity index is 1230. The van der Waals surface area contributed by atoms with E-state index in [0.717, 1.165) is 18.3 Å². The summed E-state index contributed by atoms with van der Waals surface area (Å²) in [6, 6.07) is 4.48. The van der Waals surface area contributed by atoms with Crippen molar-refractivity contribution in [3.05, 3.63) is 88.4 Å². The zero-order valence-corrected chi connectivity index (χ0v) is 16.0. The van der Waals surface area contributed by atoms with E-state index >= 15 is 0 Å². The molecule has 0 saturated carbocycles. The molecule has 1 aromatic heterocycles. The predicted octanol–water partition coefficient (Wildman–Crippen LogP) is 3.13. The molecule has 158 valence electrons. The van der Waals surface area contributed by atoms with Gasteiger partial charge in [-0.15, -0.1) is 0 Å². The smallest absolute Gasteiger partial charge is 0.267 e.